The molecule has 9 nitrogen and oxygen atoms in total. The summed E-state index contributed by atoms with van der Waals surface area (Å²) in [5, 5.41) is 7.52. The third-order valence-corrected chi connectivity index (χ3v) is 5.73. The summed E-state index contributed by atoms with van der Waals surface area (Å²) in [6.45, 7) is 3.79. The Kier molecular flexibility index (Phi) is 7.08. The van der Waals surface area contributed by atoms with Crippen LogP contribution < -0.4 is 15.4 Å². The average Bonchev–Trinajstić information content (AvgIpc) is 2.89. The van der Waals surface area contributed by atoms with Crippen LogP contribution in [0.3, 0.4) is 0 Å². The number of benzene rings is 1. The Labute approximate surface area is 204 Å². The van der Waals surface area contributed by atoms with E-state index in [9.17, 15) is 0 Å². The Bertz CT molecular complexity index is 1270. The Morgan fingerprint density at radius 3 is 2.86 bits per heavy atom. The molecule has 5 rings (SSSR count). The summed E-state index contributed by atoms with van der Waals surface area (Å²) in [5.41, 5.74) is 4.25. The monoisotopic (exact) mass is 471 g/mol. The summed E-state index contributed by atoms with van der Waals surface area (Å²) in [6, 6.07) is 13.8. The van der Waals surface area contributed by atoms with Crippen molar-refractivity contribution in [2.75, 3.05) is 52.3 Å². The highest BCUT2D eigenvalue weighted by Gasteiger charge is 2.17. The number of rotatable bonds is 8. The highest BCUT2D eigenvalue weighted by atomic mass is 16.5. The second kappa shape index (κ2) is 10.7. The van der Waals surface area contributed by atoms with Crippen LogP contribution in [0.25, 0.3) is 22.2 Å². The number of morpholine rings is 1. The molecule has 0 spiro atoms. The van der Waals surface area contributed by atoms with Gasteiger partial charge in [0, 0.05) is 49.0 Å². The van der Waals surface area contributed by atoms with Gasteiger partial charge in [-0.25, -0.2) is 9.97 Å². The predicted molar refractivity (Wildman–Crippen MR) is 136 cm³/mol. The normalized spacial score (nSPS) is 15.9. The lowest BCUT2D eigenvalue weighted by atomic mass is 10.1. The zero-order valence-electron chi connectivity index (χ0n) is 19.9. The smallest absolute Gasteiger partial charge is 0.227 e. The molecule has 1 unspecified atom stereocenters. The maximum Gasteiger partial charge on any atom is 0.227 e. The lowest BCUT2D eigenvalue weighted by molar-refractivity contribution is 0.0250. The lowest BCUT2D eigenvalue weighted by Gasteiger charge is -2.23. The fourth-order valence-corrected chi connectivity index (χ4v) is 3.87. The number of aromatic nitrogens is 4. The quantitative estimate of drug-likeness (QED) is 0.400. The zero-order chi connectivity index (χ0) is 24.0. The van der Waals surface area contributed by atoms with Gasteiger partial charge in [0.15, 0.2) is 0 Å². The number of ether oxygens (including phenoxy) is 2. The molecule has 4 heterocycles. The van der Waals surface area contributed by atoms with Crippen molar-refractivity contribution >= 4 is 22.5 Å². The number of pyridine rings is 2. The molecule has 0 radical (unpaired) electrons. The lowest BCUT2D eigenvalue weighted by Crippen LogP contribution is -2.33. The third kappa shape index (κ3) is 5.71. The maximum absolute atomic E-state index is 5.90. The zero-order valence-corrected chi connectivity index (χ0v) is 19.9. The van der Waals surface area contributed by atoms with Crippen LogP contribution in [0.5, 0.6) is 5.75 Å². The maximum atomic E-state index is 5.90. The first-order valence-corrected chi connectivity index (χ1v) is 11.7. The van der Waals surface area contributed by atoms with Crippen molar-refractivity contribution in [3.63, 3.8) is 0 Å². The number of hydrogen-bond donors (Lipinski definition) is 2. The van der Waals surface area contributed by atoms with Gasteiger partial charge in [-0.1, -0.05) is 18.2 Å². The van der Waals surface area contributed by atoms with Crippen LogP contribution in [0, 0.1) is 0 Å². The Morgan fingerprint density at radius 1 is 1.11 bits per heavy atom. The molecule has 4 aromatic rings. The average molecular weight is 472 g/mol. The molecule has 1 saturated heterocycles. The summed E-state index contributed by atoms with van der Waals surface area (Å²) >= 11 is 0. The van der Waals surface area contributed by atoms with E-state index in [0.717, 1.165) is 58.9 Å². The molecule has 180 valence electrons. The van der Waals surface area contributed by atoms with Crippen LogP contribution in [0.1, 0.15) is 11.8 Å². The predicted octanol–water partition coefficient (Wildman–Crippen LogP) is 3.43. The van der Waals surface area contributed by atoms with Gasteiger partial charge in [-0.15, -0.1) is 0 Å². The van der Waals surface area contributed by atoms with Crippen molar-refractivity contribution in [3.8, 4) is 17.0 Å². The van der Waals surface area contributed by atoms with Crippen LogP contribution in [0.2, 0.25) is 0 Å². The number of nitrogens with one attached hydrogen (secondary N) is 2. The van der Waals surface area contributed by atoms with E-state index in [2.05, 4.69) is 30.5 Å². The number of para-hydroxylation sites is 1. The number of anilines is 2. The minimum Gasteiger partial charge on any atom is -0.492 e. The van der Waals surface area contributed by atoms with Gasteiger partial charge in [-0.3, -0.25) is 9.97 Å². The van der Waals surface area contributed by atoms with Gasteiger partial charge in [0.05, 0.1) is 35.4 Å². The first kappa shape index (κ1) is 23.1. The first-order valence-electron chi connectivity index (χ1n) is 11.7. The standard InChI is InChI=1S/C26H29N7O2/c1-33(2)11-13-34-20-8-9-28-23(14-20)21-5-3-4-18-15-30-26(32-25(18)21)31-19-6-7-22(29-16-19)24-17-27-10-12-35-24/h3-9,14-16,24,27H,10-13,17H2,1-2H3,(H,30,31,32). The SMILES string of the molecule is CN(C)CCOc1ccnc(-c2cccc3cnc(Nc4ccc(C5CNCCO5)nc4)nc23)c1. The number of likely N-dealkylation sites (N-methyl/N-ethyl adjacent to an activating group) is 1. The summed E-state index contributed by atoms with van der Waals surface area (Å²) in [7, 11) is 4.05. The Hall–Kier alpha value is -3.66. The summed E-state index contributed by atoms with van der Waals surface area (Å²) in [6.07, 6.45) is 5.34. The van der Waals surface area contributed by atoms with E-state index in [1.807, 2.05) is 62.8 Å². The van der Waals surface area contributed by atoms with Gasteiger partial charge in [-0.05, 0) is 32.3 Å². The highest BCUT2D eigenvalue weighted by molar-refractivity contribution is 5.93. The van der Waals surface area contributed by atoms with Gasteiger partial charge in [-0.2, -0.15) is 0 Å². The Balaban J connectivity index is 1.37. The molecular weight excluding hydrogens is 442 g/mol. The van der Waals surface area contributed by atoms with Crippen molar-refractivity contribution in [1.82, 2.24) is 30.2 Å². The first-order chi connectivity index (χ1) is 17.2. The van der Waals surface area contributed by atoms with Crippen molar-refractivity contribution in [3.05, 3.63) is 66.7 Å². The molecule has 1 atom stereocenters. The molecule has 2 N–H and O–H groups in total. The number of fused-ring (bicyclic) bond motifs is 1. The van der Waals surface area contributed by atoms with Crippen molar-refractivity contribution in [2.45, 2.75) is 6.10 Å². The molecular formula is C26H29N7O2. The number of nitrogens with zero attached hydrogens (tertiary/aromatic N) is 5. The molecule has 9 heteroatoms. The topological polar surface area (TPSA) is 97.3 Å². The number of hydrogen-bond acceptors (Lipinski definition) is 9. The van der Waals surface area contributed by atoms with Gasteiger partial charge in [0.1, 0.15) is 18.5 Å². The minimum absolute atomic E-state index is 0.0209. The summed E-state index contributed by atoms with van der Waals surface area (Å²) < 4.78 is 11.7. The van der Waals surface area contributed by atoms with Crippen molar-refractivity contribution in [2.24, 2.45) is 0 Å². The molecule has 1 aromatic carbocycles. The fraction of sp³-hybridized carbons (Fsp3) is 0.308. The third-order valence-electron chi connectivity index (χ3n) is 5.73. The van der Waals surface area contributed by atoms with Crippen LogP contribution in [-0.4, -0.2) is 71.8 Å². The molecule has 1 aliphatic heterocycles. The van der Waals surface area contributed by atoms with Gasteiger partial charge >= 0.3 is 0 Å². The van der Waals surface area contributed by atoms with Crippen LogP contribution in [-0.2, 0) is 4.74 Å². The van der Waals surface area contributed by atoms with Crippen molar-refractivity contribution < 1.29 is 9.47 Å². The van der Waals surface area contributed by atoms with Gasteiger partial charge in [0.25, 0.3) is 0 Å². The summed E-state index contributed by atoms with van der Waals surface area (Å²) in [5.74, 6) is 1.28. The van der Waals surface area contributed by atoms with Crippen molar-refractivity contribution in [1.29, 1.82) is 0 Å². The second-order valence-corrected chi connectivity index (χ2v) is 8.63. The van der Waals surface area contributed by atoms with E-state index in [1.165, 1.54) is 0 Å². The van der Waals surface area contributed by atoms with E-state index < -0.39 is 0 Å². The molecule has 0 bridgehead atoms. The van der Waals surface area contributed by atoms with Gasteiger partial charge in [0.2, 0.25) is 5.95 Å². The van der Waals surface area contributed by atoms with E-state index in [-0.39, 0.29) is 6.10 Å². The molecule has 0 saturated carbocycles. The van der Waals surface area contributed by atoms with Crippen LogP contribution in [0.15, 0.2) is 61.1 Å². The van der Waals surface area contributed by atoms with E-state index in [0.29, 0.717) is 19.2 Å². The molecule has 3 aromatic heterocycles. The van der Waals surface area contributed by atoms with Crippen LogP contribution >= 0.6 is 0 Å². The van der Waals surface area contributed by atoms with Gasteiger partial charge < -0.3 is 25.0 Å². The molecule has 1 aliphatic rings. The molecule has 0 amide bonds. The van der Waals surface area contributed by atoms with E-state index in [1.54, 1.807) is 12.4 Å². The van der Waals surface area contributed by atoms with Crippen LogP contribution in [0.4, 0.5) is 11.6 Å². The summed E-state index contributed by atoms with van der Waals surface area (Å²) in [4.78, 5) is 20.5. The van der Waals surface area contributed by atoms with E-state index >= 15 is 0 Å². The second-order valence-electron chi connectivity index (χ2n) is 8.63. The highest BCUT2D eigenvalue weighted by Crippen LogP contribution is 2.29. The van der Waals surface area contributed by atoms with E-state index in [4.69, 9.17) is 14.5 Å². The molecule has 35 heavy (non-hydrogen) atoms. The molecule has 1 fully saturated rings. The molecule has 0 aliphatic carbocycles. The fourth-order valence-electron chi connectivity index (χ4n) is 3.87. The Morgan fingerprint density at radius 2 is 2.06 bits per heavy atom. The largest absolute Gasteiger partial charge is 0.492 e. The minimum atomic E-state index is -0.0209.